The fourth-order valence-electron chi connectivity index (χ4n) is 1.91. The highest BCUT2D eigenvalue weighted by Crippen LogP contribution is 2.29. The summed E-state index contributed by atoms with van der Waals surface area (Å²) < 4.78 is 1.18. The second-order valence-electron chi connectivity index (χ2n) is 4.54. The molecule has 1 N–H and O–H groups in total. The van der Waals surface area contributed by atoms with Crippen LogP contribution in [-0.4, -0.2) is 25.5 Å². The van der Waals surface area contributed by atoms with Crippen molar-refractivity contribution in [3.05, 3.63) is 54.8 Å². The van der Waals surface area contributed by atoms with Crippen molar-refractivity contribution in [1.82, 2.24) is 9.78 Å². The van der Waals surface area contributed by atoms with Gasteiger partial charge in [-0.05, 0) is 19.1 Å². The van der Waals surface area contributed by atoms with Crippen molar-refractivity contribution in [1.29, 1.82) is 0 Å². The molecule has 0 aliphatic heterocycles. The highest BCUT2D eigenvalue weighted by molar-refractivity contribution is 6.31. The molecule has 0 bridgehead atoms. The van der Waals surface area contributed by atoms with Gasteiger partial charge in [-0.3, -0.25) is 29.7 Å². The van der Waals surface area contributed by atoms with Crippen LogP contribution in [0.4, 0.5) is 17.1 Å². The number of hydrogen-bond acceptors (Lipinski definition) is 6. The number of carbonyl (C=O) groups is 1. The summed E-state index contributed by atoms with van der Waals surface area (Å²) >= 11 is 5.68. The molecule has 23 heavy (non-hydrogen) atoms. The summed E-state index contributed by atoms with van der Waals surface area (Å²) in [5, 5.41) is 28.2. The standard InChI is InChI=1S/C12H10ClN5O5/c1-6-11(18(22)23)10(15-16(6)2)12(19)14-8-4-3-7(13)5-9(8)17(20)21/h3-5H,1-2H3,(H,14,19). The van der Waals surface area contributed by atoms with Gasteiger partial charge in [0.2, 0.25) is 5.69 Å². The van der Waals surface area contributed by atoms with Crippen LogP contribution in [0.2, 0.25) is 5.02 Å². The maximum Gasteiger partial charge on any atom is 0.322 e. The summed E-state index contributed by atoms with van der Waals surface area (Å²) in [5.41, 5.74) is -1.27. The third-order valence-corrected chi connectivity index (χ3v) is 3.34. The van der Waals surface area contributed by atoms with E-state index in [0.29, 0.717) is 0 Å². The summed E-state index contributed by atoms with van der Waals surface area (Å²) in [6, 6.07) is 3.65. The SMILES string of the molecule is Cc1c([N+](=O)[O-])c(C(=O)Nc2ccc(Cl)cc2[N+](=O)[O-])nn1C. The van der Waals surface area contributed by atoms with Crippen molar-refractivity contribution in [2.75, 3.05) is 5.32 Å². The van der Waals surface area contributed by atoms with Gasteiger partial charge in [-0.25, -0.2) is 0 Å². The zero-order chi connectivity index (χ0) is 17.3. The molecule has 1 aromatic carbocycles. The summed E-state index contributed by atoms with van der Waals surface area (Å²) in [6.45, 7) is 1.44. The fourth-order valence-corrected chi connectivity index (χ4v) is 2.08. The first-order valence-corrected chi connectivity index (χ1v) is 6.53. The molecule has 1 amide bonds. The molecular formula is C12H10ClN5O5. The quantitative estimate of drug-likeness (QED) is 0.671. The molecule has 0 fully saturated rings. The molecule has 0 spiro atoms. The number of nitrogens with zero attached hydrogens (tertiary/aromatic N) is 4. The van der Waals surface area contributed by atoms with Gasteiger partial charge in [0, 0.05) is 18.1 Å². The van der Waals surface area contributed by atoms with E-state index in [1.807, 2.05) is 0 Å². The Bertz CT molecular complexity index is 831. The monoisotopic (exact) mass is 339 g/mol. The minimum Gasteiger partial charge on any atom is -0.315 e. The van der Waals surface area contributed by atoms with Gasteiger partial charge in [0.15, 0.2) is 0 Å². The molecule has 120 valence electrons. The third kappa shape index (κ3) is 3.11. The van der Waals surface area contributed by atoms with E-state index >= 15 is 0 Å². The first-order chi connectivity index (χ1) is 10.7. The maximum atomic E-state index is 12.2. The Morgan fingerprint density at radius 2 is 1.96 bits per heavy atom. The number of halogens is 1. The second kappa shape index (κ2) is 6.01. The number of carbonyl (C=O) groups excluding carboxylic acids is 1. The van der Waals surface area contributed by atoms with Crippen molar-refractivity contribution in [2.45, 2.75) is 6.92 Å². The fraction of sp³-hybridized carbons (Fsp3) is 0.167. The predicted molar refractivity (Wildman–Crippen MR) is 80.7 cm³/mol. The van der Waals surface area contributed by atoms with Crippen molar-refractivity contribution >= 4 is 34.6 Å². The number of nitro groups is 2. The molecular weight excluding hydrogens is 330 g/mol. The average molecular weight is 340 g/mol. The molecule has 1 aromatic heterocycles. The van der Waals surface area contributed by atoms with E-state index in [1.165, 1.54) is 30.8 Å². The Hall–Kier alpha value is -3.01. The highest BCUT2D eigenvalue weighted by atomic mass is 35.5. The van der Waals surface area contributed by atoms with Gasteiger partial charge in [0.05, 0.1) is 9.85 Å². The number of rotatable bonds is 4. The normalized spacial score (nSPS) is 10.4. The van der Waals surface area contributed by atoms with Crippen molar-refractivity contribution in [3.8, 4) is 0 Å². The zero-order valence-electron chi connectivity index (χ0n) is 11.9. The first-order valence-electron chi connectivity index (χ1n) is 6.15. The maximum absolute atomic E-state index is 12.2. The van der Waals surface area contributed by atoms with E-state index in [9.17, 15) is 25.0 Å². The lowest BCUT2D eigenvalue weighted by Crippen LogP contribution is -2.15. The Morgan fingerprint density at radius 1 is 1.30 bits per heavy atom. The van der Waals surface area contributed by atoms with E-state index in [0.717, 1.165) is 6.07 Å². The lowest BCUT2D eigenvalue weighted by molar-refractivity contribution is -0.385. The van der Waals surface area contributed by atoms with Crippen LogP contribution >= 0.6 is 11.6 Å². The van der Waals surface area contributed by atoms with Crippen LogP contribution in [0.15, 0.2) is 18.2 Å². The largest absolute Gasteiger partial charge is 0.322 e. The molecule has 0 unspecified atom stereocenters. The molecule has 1 heterocycles. The van der Waals surface area contributed by atoms with Gasteiger partial charge in [-0.2, -0.15) is 5.10 Å². The van der Waals surface area contributed by atoms with E-state index < -0.39 is 32.8 Å². The average Bonchev–Trinajstić information content (AvgIpc) is 2.76. The van der Waals surface area contributed by atoms with E-state index in [-0.39, 0.29) is 16.4 Å². The number of amides is 1. The van der Waals surface area contributed by atoms with Crippen LogP contribution in [0.3, 0.4) is 0 Å². The zero-order valence-corrected chi connectivity index (χ0v) is 12.7. The van der Waals surface area contributed by atoms with Crippen LogP contribution in [0.25, 0.3) is 0 Å². The van der Waals surface area contributed by atoms with Crippen LogP contribution < -0.4 is 5.32 Å². The Balaban J connectivity index is 2.43. The number of nitrogens with one attached hydrogen (secondary N) is 1. The molecule has 0 saturated heterocycles. The predicted octanol–water partition coefficient (Wildman–Crippen LogP) is 2.45. The summed E-state index contributed by atoms with van der Waals surface area (Å²) in [7, 11) is 1.45. The van der Waals surface area contributed by atoms with E-state index in [1.54, 1.807) is 0 Å². The lowest BCUT2D eigenvalue weighted by Gasteiger charge is -2.04. The van der Waals surface area contributed by atoms with Gasteiger partial charge in [-0.1, -0.05) is 11.6 Å². The van der Waals surface area contributed by atoms with Gasteiger partial charge in [-0.15, -0.1) is 0 Å². The van der Waals surface area contributed by atoms with Gasteiger partial charge in [0.25, 0.3) is 11.6 Å². The number of aryl methyl sites for hydroxylation is 1. The summed E-state index contributed by atoms with van der Waals surface area (Å²) in [5.74, 6) is -0.925. The van der Waals surface area contributed by atoms with Crippen LogP contribution in [0, 0.1) is 27.2 Å². The first kappa shape index (κ1) is 16.4. The van der Waals surface area contributed by atoms with Gasteiger partial charge >= 0.3 is 5.69 Å². The number of anilines is 1. The number of hydrogen-bond donors (Lipinski definition) is 1. The molecule has 2 aromatic rings. The second-order valence-corrected chi connectivity index (χ2v) is 4.97. The molecule has 0 saturated carbocycles. The minimum atomic E-state index is -0.925. The number of aromatic nitrogens is 2. The van der Waals surface area contributed by atoms with E-state index in [4.69, 9.17) is 11.6 Å². The summed E-state index contributed by atoms with van der Waals surface area (Å²) in [4.78, 5) is 32.8. The van der Waals surface area contributed by atoms with E-state index in [2.05, 4.69) is 10.4 Å². The third-order valence-electron chi connectivity index (χ3n) is 3.10. The highest BCUT2D eigenvalue weighted by Gasteiger charge is 2.30. The Kier molecular flexibility index (Phi) is 4.27. The Labute approximate surface area is 134 Å². The number of benzene rings is 1. The van der Waals surface area contributed by atoms with Crippen molar-refractivity contribution in [3.63, 3.8) is 0 Å². The molecule has 0 atom stereocenters. The summed E-state index contributed by atoms with van der Waals surface area (Å²) in [6.07, 6.45) is 0. The van der Waals surface area contributed by atoms with Gasteiger partial charge in [0.1, 0.15) is 11.4 Å². The smallest absolute Gasteiger partial charge is 0.315 e. The number of nitro benzene ring substituents is 1. The topological polar surface area (TPSA) is 133 Å². The molecule has 0 aliphatic carbocycles. The van der Waals surface area contributed by atoms with Crippen LogP contribution in [0.5, 0.6) is 0 Å². The molecule has 2 rings (SSSR count). The van der Waals surface area contributed by atoms with Crippen LogP contribution in [-0.2, 0) is 7.05 Å². The van der Waals surface area contributed by atoms with Gasteiger partial charge < -0.3 is 5.32 Å². The molecule has 11 heteroatoms. The van der Waals surface area contributed by atoms with Crippen molar-refractivity contribution in [2.24, 2.45) is 7.05 Å². The van der Waals surface area contributed by atoms with Crippen molar-refractivity contribution < 1.29 is 14.6 Å². The molecule has 0 radical (unpaired) electrons. The molecule has 0 aliphatic rings. The van der Waals surface area contributed by atoms with Crippen LogP contribution in [0.1, 0.15) is 16.2 Å². The lowest BCUT2D eigenvalue weighted by atomic mass is 10.2. The molecule has 10 nitrogen and oxygen atoms in total. The minimum absolute atomic E-state index is 0.120. The Morgan fingerprint density at radius 3 is 2.52 bits per heavy atom.